The quantitative estimate of drug-likeness (QED) is 0.804. The van der Waals surface area contributed by atoms with Crippen molar-refractivity contribution >= 4 is 33.0 Å². The maximum atomic E-state index is 12.6. The van der Waals surface area contributed by atoms with E-state index >= 15 is 0 Å². The monoisotopic (exact) mass is 358 g/mol. The molecule has 0 saturated carbocycles. The first-order chi connectivity index (χ1) is 11.8. The van der Waals surface area contributed by atoms with E-state index in [1.807, 2.05) is 0 Å². The summed E-state index contributed by atoms with van der Waals surface area (Å²) in [6.07, 6.45) is 2.99. The first-order valence-corrected chi connectivity index (χ1v) is 8.98. The van der Waals surface area contributed by atoms with Crippen molar-refractivity contribution in [3.05, 3.63) is 60.7 Å². The van der Waals surface area contributed by atoms with Gasteiger partial charge < -0.3 is 10.6 Å². The van der Waals surface area contributed by atoms with Gasteiger partial charge in [-0.25, -0.2) is 8.42 Å². The van der Waals surface area contributed by atoms with Crippen LogP contribution in [-0.4, -0.2) is 20.2 Å². The fraction of sp³-hybridized carbons (Fsp3) is 0.111. The Hall–Kier alpha value is -2.93. The van der Waals surface area contributed by atoms with Crippen LogP contribution >= 0.6 is 0 Å². The first kappa shape index (κ1) is 18.4. The van der Waals surface area contributed by atoms with Crippen molar-refractivity contribution < 1.29 is 18.0 Å². The molecule has 25 heavy (non-hydrogen) atoms. The lowest BCUT2D eigenvalue weighted by molar-refractivity contribution is -0.114. The predicted molar refractivity (Wildman–Crippen MR) is 96.1 cm³/mol. The fourth-order valence-electron chi connectivity index (χ4n) is 2.11. The normalized spacial score (nSPS) is 11.3. The number of carbonyl (C=O) groups is 2. The lowest BCUT2D eigenvalue weighted by atomic mass is 10.3. The Bertz CT molecular complexity index is 899. The molecule has 2 aromatic carbocycles. The number of hydrogen-bond acceptors (Lipinski definition) is 4. The summed E-state index contributed by atoms with van der Waals surface area (Å²) in [5.41, 5.74) is 1.02. The molecule has 0 aliphatic carbocycles. The van der Waals surface area contributed by atoms with Crippen LogP contribution in [-0.2, 0) is 19.4 Å². The lowest BCUT2D eigenvalue weighted by Crippen LogP contribution is -2.08. The highest BCUT2D eigenvalue weighted by molar-refractivity contribution is 7.91. The average Bonchev–Trinajstić information content (AvgIpc) is 2.55. The Morgan fingerprint density at radius 2 is 1.28 bits per heavy atom. The molecule has 0 atom stereocenters. The summed E-state index contributed by atoms with van der Waals surface area (Å²) >= 11 is 0. The minimum Gasteiger partial charge on any atom is -0.326 e. The van der Waals surface area contributed by atoms with Crippen molar-refractivity contribution in [2.45, 2.75) is 23.6 Å². The number of amides is 2. The van der Waals surface area contributed by atoms with Crippen LogP contribution in [0.3, 0.4) is 0 Å². The SMILES string of the molecule is C/C=C\C(=O)Nc1ccc(S(=O)(=O)c2ccc(NC(C)=O)cc2)cc1. The molecule has 7 heteroatoms. The molecule has 2 rings (SSSR count). The van der Waals surface area contributed by atoms with Crippen molar-refractivity contribution in [1.29, 1.82) is 0 Å². The van der Waals surface area contributed by atoms with Crippen LogP contribution in [0, 0.1) is 0 Å². The standard InChI is InChI=1S/C18H18N2O4S/c1-3-4-18(22)20-15-7-11-17(12-8-15)25(23,24)16-9-5-14(6-10-16)19-13(2)21/h3-12H,1-2H3,(H,19,21)(H,20,22)/b4-3-. The van der Waals surface area contributed by atoms with E-state index in [4.69, 9.17) is 0 Å². The summed E-state index contributed by atoms with van der Waals surface area (Å²) in [5.74, 6) is -0.516. The van der Waals surface area contributed by atoms with E-state index in [2.05, 4.69) is 10.6 Å². The highest BCUT2D eigenvalue weighted by atomic mass is 32.2. The number of sulfone groups is 1. The molecule has 0 spiro atoms. The van der Waals surface area contributed by atoms with Crippen LogP contribution in [0.1, 0.15) is 13.8 Å². The van der Waals surface area contributed by atoms with Gasteiger partial charge in [0.15, 0.2) is 0 Å². The lowest BCUT2D eigenvalue weighted by Gasteiger charge is -2.08. The van der Waals surface area contributed by atoms with Crippen molar-refractivity contribution in [3.63, 3.8) is 0 Å². The summed E-state index contributed by atoms with van der Waals surface area (Å²) in [6, 6.07) is 11.8. The molecule has 0 bridgehead atoms. The Labute approximate surface area is 146 Å². The number of anilines is 2. The number of nitrogens with one attached hydrogen (secondary N) is 2. The summed E-state index contributed by atoms with van der Waals surface area (Å²) in [7, 11) is -3.68. The number of rotatable bonds is 5. The predicted octanol–water partition coefficient (Wildman–Crippen LogP) is 2.99. The first-order valence-electron chi connectivity index (χ1n) is 7.49. The third-order valence-electron chi connectivity index (χ3n) is 3.24. The Balaban J connectivity index is 2.21. The molecule has 0 aromatic heterocycles. The van der Waals surface area contributed by atoms with E-state index in [9.17, 15) is 18.0 Å². The van der Waals surface area contributed by atoms with E-state index in [1.54, 1.807) is 13.0 Å². The number of allylic oxidation sites excluding steroid dienone is 1. The summed E-state index contributed by atoms with van der Waals surface area (Å²) < 4.78 is 25.2. The maximum Gasteiger partial charge on any atom is 0.248 e. The zero-order valence-corrected chi connectivity index (χ0v) is 14.6. The molecule has 0 unspecified atom stereocenters. The molecule has 0 fully saturated rings. The molecule has 130 valence electrons. The smallest absolute Gasteiger partial charge is 0.248 e. The zero-order valence-electron chi connectivity index (χ0n) is 13.8. The molecule has 0 radical (unpaired) electrons. The third-order valence-corrected chi connectivity index (χ3v) is 5.02. The maximum absolute atomic E-state index is 12.6. The molecule has 6 nitrogen and oxygen atoms in total. The fourth-order valence-corrected chi connectivity index (χ4v) is 3.37. The molecule has 0 aliphatic heterocycles. The van der Waals surface area contributed by atoms with Crippen LogP contribution in [0.25, 0.3) is 0 Å². The molecule has 2 aromatic rings. The van der Waals surface area contributed by atoms with Crippen molar-refractivity contribution in [2.24, 2.45) is 0 Å². The second-order valence-corrected chi connectivity index (χ2v) is 7.17. The van der Waals surface area contributed by atoms with Crippen LogP contribution < -0.4 is 10.6 Å². The Kier molecular flexibility index (Phi) is 5.71. The van der Waals surface area contributed by atoms with Crippen molar-refractivity contribution in [3.8, 4) is 0 Å². The molecular weight excluding hydrogens is 340 g/mol. The van der Waals surface area contributed by atoms with Crippen LogP contribution in [0.4, 0.5) is 11.4 Å². The Morgan fingerprint density at radius 1 is 0.840 bits per heavy atom. The second kappa shape index (κ2) is 7.76. The molecule has 0 saturated heterocycles. The molecule has 0 aliphatic rings. The third kappa shape index (κ3) is 4.77. The van der Waals surface area contributed by atoms with Gasteiger partial charge in [0, 0.05) is 18.3 Å². The molecular formula is C18H18N2O4S. The minimum absolute atomic E-state index is 0.115. The number of hydrogen-bond donors (Lipinski definition) is 2. The zero-order chi connectivity index (χ0) is 18.4. The minimum atomic E-state index is -3.68. The van der Waals surface area contributed by atoms with Gasteiger partial charge in [-0.15, -0.1) is 0 Å². The largest absolute Gasteiger partial charge is 0.326 e. The van der Waals surface area contributed by atoms with E-state index in [1.165, 1.54) is 61.5 Å². The van der Waals surface area contributed by atoms with Gasteiger partial charge in [-0.1, -0.05) is 6.08 Å². The van der Waals surface area contributed by atoms with Gasteiger partial charge in [-0.3, -0.25) is 9.59 Å². The van der Waals surface area contributed by atoms with E-state index in [0.29, 0.717) is 11.4 Å². The summed E-state index contributed by atoms with van der Waals surface area (Å²) in [4.78, 5) is 22.7. The summed E-state index contributed by atoms with van der Waals surface area (Å²) in [5, 5.41) is 5.21. The highest BCUT2D eigenvalue weighted by Crippen LogP contribution is 2.23. The van der Waals surface area contributed by atoms with Crippen LogP contribution in [0.15, 0.2) is 70.5 Å². The van der Waals surface area contributed by atoms with E-state index < -0.39 is 9.84 Å². The van der Waals surface area contributed by atoms with Gasteiger partial charge in [0.1, 0.15) is 0 Å². The van der Waals surface area contributed by atoms with Crippen molar-refractivity contribution in [2.75, 3.05) is 10.6 Å². The van der Waals surface area contributed by atoms with Gasteiger partial charge in [0.2, 0.25) is 21.7 Å². The van der Waals surface area contributed by atoms with Crippen molar-refractivity contribution in [1.82, 2.24) is 0 Å². The van der Waals surface area contributed by atoms with Gasteiger partial charge in [-0.2, -0.15) is 0 Å². The number of carbonyl (C=O) groups excluding carboxylic acids is 2. The van der Waals surface area contributed by atoms with Gasteiger partial charge >= 0.3 is 0 Å². The Morgan fingerprint density at radius 3 is 1.68 bits per heavy atom. The molecule has 2 amide bonds. The molecule has 2 N–H and O–H groups in total. The number of benzene rings is 2. The van der Waals surface area contributed by atoms with Gasteiger partial charge in [0.25, 0.3) is 0 Å². The van der Waals surface area contributed by atoms with E-state index in [-0.39, 0.29) is 21.6 Å². The van der Waals surface area contributed by atoms with Crippen LogP contribution in [0.2, 0.25) is 0 Å². The van der Waals surface area contributed by atoms with Gasteiger partial charge in [-0.05, 0) is 61.5 Å². The average molecular weight is 358 g/mol. The van der Waals surface area contributed by atoms with E-state index in [0.717, 1.165) is 0 Å². The summed E-state index contributed by atoms with van der Waals surface area (Å²) in [6.45, 7) is 3.10. The topological polar surface area (TPSA) is 92.3 Å². The van der Waals surface area contributed by atoms with Gasteiger partial charge in [0.05, 0.1) is 9.79 Å². The molecule has 0 heterocycles. The second-order valence-electron chi connectivity index (χ2n) is 5.22. The van der Waals surface area contributed by atoms with Crippen LogP contribution in [0.5, 0.6) is 0 Å². The highest BCUT2D eigenvalue weighted by Gasteiger charge is 2.17.